The maximum Gasteiger partial charge on any atom is 0.287 e. The summed E-state index contributed by atoms with van der Waals surface area (Å²) in [4.78, 5) is 29.9. The van der Waals surface area contributed by atoms with Gasteiger partial charge in [0.15, 0.2) is 5.76 Å². The molecule has 1 aliphatic heterocycles. The number of carbonyl (C=O) groups is 2. The van der Waals surface area contributed by atoms with Crippen LogP contribution in [0.3, 0.4) is 0 Å². The number of thioether (sulfide) groups is 1. The smallest absolute Gasteiger partial charge is 0.287 e. The zero-order valence-corrected chi connectivity index (χ0v) is 19.1. The van der Waals surface area contributed by atoms with E-state index in [0.29, 0.717) is 19.5 Å². The van der Waals surface area contributed by atoms with Crippen molar-refractivity contribution in [2.75, 3.05) is 38.2 Å². The van der Waals surface area contributed by atoms with E-state index < -0.39 is 6.04 Å². The summed E-state index contributed by atoms with van der Waals surface area (Å²) in [6.07, 6.45) is 4.06. The molecular weight excluding hydrogens is 422 g/mol. The van der Waals surface area contributed by atoms with Crippen LogP contribution < -0.4 is 5.32 Å². The number of rotatable bonds is 8. The lowest BCUT2D eigenvalue weighted by molar-refractivity contribution is -0.135. The van der Waals surface area contributed by atoms with Gasteiger partial charge in [-0.1, -0.05) is 42.5 Å². The van der Waals surface area contributed by atoms with Gasteiger partial charge in [0, 0.05) is 32.7 Å². The summed E-state index contributed by atoms with van der Waals surface area (Å²) >= 11 is 1.67. The Morgan fingerprint density at radius 3 is 2.56 bits per heavy atom. The van der Waals surface area contributed by atoms with E-state index in [-0.39, 0.29) is 17.6 Å². The summed E-state index contributed by atoms with van der Waals surface area (Å²) in [5, 5.41) is 5.41. The van der Waals surface area contributed by atoms with E-state index in [0.717, 1.165) is 25.4 Å². The number of hydrogen-bond donors (Lipinski definition) is 1. The predicted octanol–water partition coefficient (Wildman–Crippen LogP) is 3.63. The topological polar surface area (TPSA) is 65.8 Å². The third kappa shape index (κ3) is 5.34. The number of nitrogens with zero attached hydrogens (tertiary/aromatic N) is 2. The molecule has 6 nitrogen and oxygen atoms in total. The number of piperazine rings is 1. The van der Waals surface area contributed by atoms with Crippen molar-refractivity contribution in [2.45, 2.75) is 19.0 Å². The van der Waals surface area contributed by atoms with Crippen molar-refractivity contribution in [3.63, 3.8) is 0 Å². The molecule has 0 saturated carbocycles. The molecule has 1 atom stereocenters. The molecule has 2 heterocycles. The molecule has 0 radical (unpaired) electrons. The average Bonchev–Trinajstić information content (AvgIpc) is 3.37. The lowest BCUT2D eigenvalue weighted by atomic mass is 10.0. The molecule has 2 aromatic carbocycles. The minimum atomic E-state index is -0.537. The Hall–Kier alpha value is -2.77. The summed E-state index contributed by atoms with van der Waals surface area (Å²) in [6, 6.07) is 17.6. The standard InChI is InChI=1S/C25H29N3O3S/c1-32-17-11-22(26-24(29)23-10-5-16-31-23)25(30)28-14-12-27(13-15-28)18-20-8-4-7-19-6-2-3-9-21(19)20/h2-10,16,22H,11-15,17-18H2,1H3,(H,26,29). The zero-order valence-electron chi connectivity index (χ0n) is 18.3. The third-order valence-electron chi connectivity index (χ3n) is 5.92. The van der Waals surface area contributed by atoms with Gasteiger partial charge in [-0.3, -0.25) is 14.5 Å². The average molecular weight is 452 g/mol. The summed E-state index contributed by atoms with van der Waals surface area (Å²) < 4.78 is 5.18. The van der Waals surface area contributed by atoms with Crippen molar-refractivity contribution in [1.82, 2.24) is 15.1 Å². The molecule has 7 heteroatoms. The van der Waals surface area contributed by atoms with Gasteiger partial charge in [0.05, 0.1) is 6.26 Å². The quantitative estimate of drug-likeness (QED) is 0.567. The number of fused-ring (bicyclic) bond motifs is 1. The highest BCUT2D eigenvalue weighted by Crippen LogP contribution is 2.21. The Morgan fingerprint density at radius 2 is 1.81 bits per heavy atom. The van der Waals surface area contributed by atoms with Crippen molar-refractivity contribution >= 4 is 34.3 Å². The van der Waals surface area contributed by atoms with Gasteiger partial charge in [-0.05, 0) is 46.9 Å². The van der Waals surface area contributed by atoms with Crippen LogP contribution in [0.4, 0.5) is 0 Å². The van der Waals surface area contributed by atoms with Crippen LogP contribution in [0.2, 0.25) is 0 Å². The number of hydrogen-bond acceptors (Lipinski definition) is 5. The number of furan rings is 1. The first kappa shape index (κ1) is 22.4. The first-order chi connectivity index (χ1) is 15.7. The molecule has 3 aromatic rings. The minimum absolute atomic E-state index is 0.0104. The van der Waals surface area contributed by atoms with Gasteiger partial charge in [-0.25, -0.2) is 0 Å². The molecule has 0 bridgehead atoms. The predicted molar refractivity (Wildman–Crippen MR) is 129 cm³/mol. The normalized spacial score (nSPS) is 15.6. The fraction of sp³-hybridized carbons (Fsp3) is 0.360. The fourth-order valence-corrected chi connectivity index (χ4v) is 4.62. The van der Waals surface area contributed by atoms with E-state index in [4.69, 9.17) is 4.42 Å². The highest BCUT2D eigenvalue weighted by molar-refractivity contribution is 7.98. The van der Waals surface area contributed by atoms with Gasteiger partial charge >= 0.3 is 0 Å². The summed E-state index contributed by atoms with van der Waals surface area (Å²) in [5.74, 6) is 0.676. The number of benzene rings is 2. The molecule has 1 unspecified atom stereocenters. The fourth-order valence-electron chi connectivity index (χ4n) is 4.15. The van der Waals surface area contributed by atoms with Crippen molar-refractivity contribution in [3.8, 4) is 0 Å². The molecule has 0 spiro atoms. The first-order valence-electron chi connectivity index (χ1n) is 11.0. The van der Waals surface area contributed by atoms with Gasteiger partial charge in [0.25, 0.3) is 5.91 Å². The Kier molecular flexibility index (Phi) is 7.50. The maximum atomic E-state index is 13.2. The SMILES string of the molecule is CSCCC(NC(=O)c1ccco1)C(=O)N1CCN(Cc2cccc3ccccc23)CC1. The molecule has 1 fully saturated rings. The van der Waals surface area contributed by atoms with Crippen LogP contribution in [-0.2, 0) is 11.3 Å². The molecule has 168 valence electrons. The maximum absolute atomic E-state index is 13.2. The van der Waals surface area contributed by atoms with Gasteiger partial charge in [-0.2, -0.15) is 11.8 Å². The van der Waals surface area contributed by atoms with E-state index in [1.807, 2.05) is 11.2 Å². The third-order valence-corrected chi connectivity index (χ3v) is 6.56. The number of nitrogens with one attached hydrogen (secondary N) is 1. The van der Waals surface area contributed by atoms with Crippen LogP contribution in [-0.4, -0.2) is 65.8 Å². The number of amides is 2. The van der Waals surface area contributed by atoms with Gasteiger partial charge < -0.3 is 14.6 Å². The monoisotopic (exact) mass is 451 g/mol. The molecule has 1 aliphatic rings. The molecule has 32 heavy (non-hydrogen) atoms. The van der Waals surface area contributed by atoms with E-state index in [1.54, 1.807) is 23.9 Å². The Balaban J connectivity index is 1.36. The van der Waals surface area contributed by atoms with Crippen LogP contribution in [0, 0.1) is 0 Å². The van der Waals surface area contributed by atoms with E-state index in [1.165, 1.54) is 22.6 Å². The molecular formula is C25H29N3O3S. The van der Waals surface area contributed by atoms with Crippen LogP contribution in [0.25, 0.3) is 10.8 Å². The van der Waals surface area contributed by atoms with Crippen molar-refractivity contribution in [1.29, 1.82) is 0 Å². The van der Waals surface area contributed by atoms with Crippen LogP contribution in [0.15, 0.2) is 65.3 Å². The Bertz CT molecular complexity index is 1040. The molecule has 1 saturated heterocycles. The number of carbonyl (C=O) groups excluding carboxylic acids is 2. The summed E-state index contributed by atoms with van der Waals surface area (Å²) in [7, 11) is 0. The highest BCUT2D eigenvalue weighted by Gasteiger charge is 2.29. The van der Waals surface area contributed by atoms with Crippen LogP contribution in [0.5, 0.6) is 0 Å². The lowest BCUT2D eigenvalue weighted by Crippen LogP contribution is -2.54. The second-order valence-electron chi connectivity index (χ2n) is 8.02. The van der Waals surface area contributed by atoms with Crippen LogP contribution in [0.1, 0.15) is 22.5 Å². The second-order valence-corrected chi connectivity index (χ2v) is 9.01. The van der Waals surface area contributed by atoms with Crippen LogP contribution >= 0.6 is 11.8 Å². The van der Waals surface area contributed by atoms with Gasteiger partial charge in [-0.15, -0.1) is 0 Å². The van der Waals surface area contributed by atoms with E-state index in [2.05, 4.69) is 52.7 Å². The van der Waals surface area contributed by atoms with Crippen molar-refractivity contribution < 1.29 is 14.0 Å². The Labute approximate surface area is 192 Å². The molecule has 1 N–H and O–H groups in total. The molecule has 0 aliphatic carbocycles. The molecule has 4 rings (SSSR count). The molecule has 1 aromatic heterocycles. The summed E-state index contributed by atoms with van der Waals surface area (Å²) in [6.45, 7) is 3.83. The largest absolute Gasteiger partial charge is 0.459 e. The first-order valence-corrected chi connectivity index (χ1v) is 12.4. The minimum Gasteiger partial charge on any atom is -0.459 e. The second kappa shape index (κ2) is 10.7. The van der Waals surface area contributed by atoms with Crippen molar-refractivity contribution in [3.05, 3.63) is 72.2 Å². The van der Waals surface area contributed by atoms with Crippen molar-refractivity contribution in [2.24, 2.45) is 0 Å². The lowest BCUT2D eigenvalue weighted by Gasteiger charge is -2.36. The van der Waals surface area contributed by atoms with Gasteiger partial charge in [0.2, 0.25) is 5.91 Å². The van der Waals surface area contributed by atoms with Gasteiger partial charge in [0.1, 0.15) is 6.04 Å². The van der Waals surface area contributed by atoms with E-state index in [9.17, 15) is 9.59 Å². The van der Waals surface area contributed by atoms with E-state index >= 15 is 0 Å². The highest BCUT2D eigenvalue weighted by atomic mass is 32.2. The zero-order chi connectivity index (χ0) is 22.3. The Morgan fingerprint density at radius 1 is 1.03 bits per heavy atom. The summed E-state index contributed by atoms with van der Waals surface area (Å²) in [5.41, 5.74) is 1.31. The molecule has 2 amide bonds.